The van der Waals surface area contributed by atoms with Crippen molar-refractivity contribution in [2.24, 2.45) is 0 Å². The molecule has 0 spiro atoms. The molecule has 5 heteroatoms. The topological polar surface area (TPSA) is 55.4 Å². The molecule has 0 fully saturated rings. The first-order valence-electron chi connectivity index (χ1n) is 6.80. The molecule has 0 saturated heterocycles. The van der Waals surface area contributed by atoms with Crippen molar-refractivity contribution in [1.29, 1.82) is 0 Å². The predicted molar refractivity (Wildman–Crippen MR) is 89.3 cm³/mol. The zero-order chi connectivity index (χ0) is 16.1. The van der Waals surface area contributed by atoms with Crippen LogP contribution in [0.15, 0.2) is 53.0 Å². The zero-order valence-corrected chi connectivity index (χ0v) is 13.9. The molecule has 1 atom stereocenters. The molecule has 0 aliphatic carbocycles. The Kier molecular flexibility index (Phi) is 5.33. The molecule has 0 radical (unpaired) electrons. The molecule has 0 aliphatic heterocycles. The van der Waals surface area contributed by atoms with E-state index in [1.807, 2.05) is 12.1 Å². The second-order valence-corrected chi connectivity index (χ2v) is 5.75. The van der Waals surface area contributed by atoms with E-state index in [-0.39, 0.29) is 11.7 Å². The monoisotopic (exact) mass is 361 g/mol. The first-order chi connectivity index (χ1) is 10.5. The highest BCUT2D eigenvalue weighted by atomic mass is 79.9. The maximum absolute atomic E-state index is 12.1. The molecule has 22 heavy (non-hydrogen) atoms. The third-order valence-corrected chi connectivity index (χ3v) is 3.58. The van der Waals surface area contributed by atoms with Crippen molar-refractivity contribution in [3.63, 3.8) is 0 Å². The molecular weight excluding hydrogens is 346 g/mol. The fourth-order valence-corrected chi connectivity index (χ4v) is 2.07. The lowest BCUT2D eigenvalue weighted by Gasteiger charge is -2.15. The largest absolute Gasteiger partial charge is 0.481 e. The summed E-state index contributed by atoms with van der Waals surface area (Å²) in [7, 11) is 0. The highest BCUT2D eigenvalue weighted by molar-refractivity contribution is 9.10. The third-order valence-electron chi connectivity index (χ3n) is 3.05. The molecule has 1 amide bonds. The van der Waals surface area contributed by atoms with Crippen LogP contribution in [0.4, 0.5) is 5.69 Å². The fourth-order valence-electron chi connectivity index (χ4n) is 1.80. The first-order valence-corrected chi connectivity index (χ1v) is 7.59. The van der Waals surface area contributed by atoms with Gasteiger partial charge >= 0.3 is 0 Å². The van der Waals surface area contributed by atoms with Crippen LogP contribution in [0.5, 0.6) is 5.75 Å². The molecule has 2 aromatic carbocycles. The van der Waals surface area contributed by atoms with Crippen molar-refractivity contribution >= 4 is 33.3 Å². The second-order valence-electron chi connectivity index (χ2n) is 4.84. The second kappa shape index (κ2) is 7.22. The van der Waals surface area contributed by atoms with Gasteiger partial charge in [0.15, 0.2) is 11.9 Å². The first kappa shape index (κ1) is 16.2. The van der Waals surface area contributed by atoms with E-state index >= 15 is 0 Å². The average molecular weight is 362 g/mol. The van der Waals surface area contributed by atoms with Crippen LogP contribution in [0.3, 0.4) is 0 Å². The summed E-state index contributed by atoms with van der Waals surface area (Å²) in [5.74, 6) is 0.362. The summed E-state index contributed by atoms with van der Waals surface area (Å²) >= 11 is 3.34. The minimum atomic E-state index is -0.631. The molecule has 1 unspecified atom stereocenters. The summed E-state index contributed by atoms with van der Waals surface area (Å²) in [4.78, 5) is 23.3. The van der Waals surface area contributed by atoms with Gasteiger partial charge in [0.05, 0.1) is 0 Å². The van der Waals surface area contributed by atoms with Crippen LogP contribution in [-0.4, -0.2) is 17.8 Å². The quantitative estimate of drug-likeness (QED) is 0.817. The van der Waals surface area contributed by atoms with Crippen LogP contribution in [-0.2, 0) is 4.79 Å². The summed E-state index contributed by atoms with van der Waals surface area (Å²) in [6, 6.07) is 14.0. The van der Waals surface area contributed by atoms with Gasteiger partial charge in [-0.25, -0.2) is 0 Å². The number of ketones is 1. The number of amides is 1. The average Bonchev–Trinajstić information content (AvgIpc) is 2.50. The van der Waals surface area contributed by atoms with Crippen LogP contribution < -0.4 is 10.1 Å². The van der Waals surface area contributed by atoms with Crippen molar-refractivity contribution < 1.29 is 14.3 Å². The van der Waals surface area contributed by atoms with Gasteiger partial charge in [0.25, 0.3) is 5.91 Å². The molecule has 0 aliphatic rings. The van der Waals surface area contributed by atoms with Gasteiger partial charge in [-0.1, -0.05) is 15.9 Å². The number of benzene rings is 2. The van der Waals surface area contributed by atoms with Crippen molar-refractivity contribution in [1.82, 2.24) is 0 Å². The Balaban J connectivity index is 1.95. The van der Waals surface area contributed by atoms with E-state index in [4.69, 9.17) is 4.74 Å². The molecular formula is C17H16BrNO3. The van der Waals surface area contributed by atoms with Crippen LogP contribution in [0.1, 0.15) is 24.2 Å². The van der Waals surface area contributed by atoms with Gasteiger partial charge in [-0.05, 0) is 62.4 Å². The Morgan fingerprint density at radius 3 is 2.18 bits per heavy atom. The van der Waals surface area contributed by atoms with Crippen LogP contribution in [0.25, 0.3) is 0 Å². The van der Waals surface area contributed by atoms with Gasteiger partial charge in [0, 0.05) is 15.7 Å². The molecule has 1 N–H and O–H groups in total. The lowest BCUT2D eigenvalue weighted by molar-refractivity contribution is -0.122. The van der Waals surface area contributed by atoms with Crippen LogP contribution in [0, 0.1) is 0 Å². The van der Waals surface area contributed by atoms with E-state index < -0.39 is 6.10 Å². The lowest BCUT2D eigenvalue weighted by Crippen LogP contribution is -2.30. The van der Waals surface area contributed by atoms with Gasteiger partial charge in [0.2, 0.25) is 0 Å². The van der Waals surface area contributed by atoms with Crippen LogP contribution >= 0.6 is 15.9 Å². The predicted octanol–water partition coefficient (Wildman–Crippen LogP) is 4.06. The number of carbonyl (C=O) groups is 2. The van der Waals surface area contributed by atoms with Crippen molar-refractivity contribution in [3.8, 4) is 5.75 Å². The number of rotatable bonds is 5. The Morgan fingerprint density at radius 1 is 1.05 bits per heavy atom. The smallest absolute Gasteiger partial charge is 0.265 e. The van der Waals surface area contributed by atoms with Gasteiger partial charge in [-0.2, -0.15) is 0 Å². The number of Topliss-reactive ketones (excluding diaryl/α,β-unsaturated/α-hetero) is 1. The molecule has 0 bridgehead atoms. The van der Waals surface area contributed by atoms with E-state index in [1.165, 1.54) is 6.92 Å². The minimum Gasteiger partial charge on any atom is -0.481 e. The van der Waals surface area contributed by atoms with Gasteiger partial charge < -0.3 is 10.1 Å². The summed E-state index contributed by atoms with van der Waals surface area (Å²) in [6.45, 7) is 3.18. The molecule has 0 aromatic heterocycles. The van der Waals surface area contributed by atoms with Crippen molar-refractivity contribution in [3.05, 3.63) is 58.6 Å². The lowest BCUT2D eigenvalue weighted by atomic mass is 10.1. The minimum absolute atomic E-state index is 0.00943. The van der Waals surface area contributed by atoms with Crippen molar-refractivity contribution in [2.45, 2.75) is 20.0 Å². The Hall–Kier alpha value is -2.14. The van der Waals surface area contributed by atoms with E-state index in [9.17, 15) is 9.59 Å². The standard InChI is InChI=1S/C17H16BrNO3/c1-11(20)13-3-7-15(8-4-13)19-17(21)12(2)22-16-9-5-14(18)6-10-16/h3-10,12H,1-2H3,(H,19,21). The van der Waals surface area contributed by atoms with Crippen LogP contribution in [0.2, 0.25) is 0 Å². The van der Waals surface area contributed by atoms with Gasteiger partial charge in [0.1, 0.15) is 5.75 Å². The zero-order valence-electron chi connectivity index (χ0n) is 12.3. The maximum atomic E-state index is 12.1. The molecule has 4 nitrogen and oxygen atoms in total. The molecule has 2 aromatic rings. The van der Waals surface area contributed by atoms with E-state index in [1.54, 1.807) is 43.3 Å². The van der Waals surface area contributed by atoms with E-state index in [0.29, 0.717) is 17.0 Å². The summed E-state index contributed by atoms with van der Waals surface area (Å²) in [6.07, 6.45) is -0.631. The Morgan fingerprint density at radius 2 is 1.64 bits per heavy atom. The van der Waals surface area contributed by atoms with Gasteiger partial charge in [-0.15, -0.1) is 0 Å². The number of halogens is 1. The molecule has 114 valence electrons. The highest BCUT2D eigenvalue weighted by Gasteiger charge is 2.15. The fraction of sp³-hybridized carbons (Fsp3) is 0.176. The number of nitrogens with one attached hydrogen (secondary N) is 1. The Labute approximate surface area is 137 Å². The van der Waals surface area contributed by atoms with E-state index in [0.717, 1.165) is 4.47 Å². The maximum Gasteiger partial charge on any atom is 0.265 e. The number of hydrogen-bond acceptors (Lipinski definition) is 3. The Bertz CT molecular complexity index is 665. The van der Waals surface area contributed by atoms with E-state index in [2.05, 4.69) is 21.2 Å². The van der Waals surface area contributed by atoms with Crippen molar-refractivity contribution in [2.75, 3.05) is 5.32 Å². The normalized spacial score (nSPS) is 11.6. The summed E-state index contributed by atoms with van der Waals surface area (Å²) in [5.41, 5.74) is 1.23. The number of hydrogen-bond donors (Lipinski definition) is 1. The molecule has 0 heterocycles. The molecule has 0 saturated carbocycles. The number of ether oxygens (including phenoxy) is 1. The number of carbonyl (C=O) groups excluding carboxylic acids is 2. The van der Waals surface area contributed by atoms with Gasteiger partial charge in [-0.3, -0.25) is 9.59 Å². The SMILES string of the molecule is CC(=O)c1ccc(NC(=O)C(C)Oc2ccc(Br)cc2)cc1. The third kappa shape index (κ3) is 4.43. The summed E-state index contributed by atoms with van der Waals surface area (Å²) < 4.78 is 6.53. The highest BCUT2D eigenvalue weighted by Crippen LogP contribution is 2.18. The summed E-state index contributed by atoms with van der Waals surface area (Å²) in [5, 5.41) is 2.75. The number of anilines is 1. The molecule has 2 rings (SSSR count).